The van der Waals surface area contributed by atoms with E-state index in [4.69, 9.17) is 5.73 Å². The van der Waals surface area contributed by atoms with Crippen molar-refractivity contribution in [3.8, 4) is 6.07 Å². The Morgan fingerprint density at radius 1 is 1.48 bits per heavy atom. The van der Waals surface area contributed by atoms with Gasteiger partial charge in [-0.3, -0.25) is 4.79 Å². The fraction of sp³-hybridized carbons (Fsp3) is 0.571. The van der Waals surface area contributed by atoms with E-state index in [1.165, 1.54) is 11.3 Å². The van der Waals surface area contributed by atoms with Gasteiger partial charge < -0.3 is 21.3 Å². The number of nitrogens with zero attached hydrogens (tertiary/aromatic N) is 2. The molecule has 1 rings (SSSR count). The molecule has 0 bridgehead atoms. The van der Waals surface area contributed by atoms with Gasteiger partial charge >= 0.3 is 0 Å². The van der Waals surface area contributed by atoms with Gasteiger partial charge in [-0.2, -0.15) is 5.26 Å². The summed E-state index contributed by atoms with van der Waals surface area (Å²) in [5, 5.41) is 15.7. The van der Waals surface area contributed by atoms with Gasteiger partial charge in [-0.1, -0.05) is 13.8 Å². The summed E-state index contributed by atoms with van der Waals surface area (Å²) >= 11 is 1.22. The zero-order valence-electron chi connectivity index (χ0n) is 13.2. The van der Waals surface area contributed by atoms with Crippen LogP contribution in [-0.4, -0.2) is 45.0 Å². The molecule has 0 radical (unpaired) electrons. The van der Waals surface area contributed by atoms with Crippen molar-refractivity contribution >= 4 is 27.9 Å². The van der Waals surface area contributed by atoms with Crippen molar-refractivity contribution in [1.82, 2.24) is 10.2 Å². The van der Waals surface area contributed by atoms with E-state index in [2.05, 4.69) is 35.5 Å². The lowest BCUT2D eigenvalue weighted by atomic mass is 9.93. The van der Waals surface area contributed by atoms with Crippen molar-refractivity contribution in [3.05, 3.63) is 10.4 Å². The van der Waals surface area contributed by atoms with Crippen LogP contribution in [0.5, 0.6) is 0 Å². The number of nitrogen functional groups attached to an aromatic ring is 1. The molecule has 1 aromatic heterocycles. The predicted molar refractivity (Wildman–Crippen MR) is 87.7 cm³/mol. The number of nitrogens with one attached hydrogen (secondary N) is 2. The molecule has 116 valence electrons. The van der Waals surface area contributed by atoms with Crippen LogP contribution in [0.4, 0.5) is 10.7 Å². The fourth-order valence-corrected chi connectivity index (χ4v) is 3.21. The van der Waals surface area contributed by atoms with E-state index in [9.17, 15) is 10.1 Å². The average Bonchev–Trinajstić information content (AvgIpc) is 2.70. The Labute approximate surface area is 129 Å². The molecule has 0 saturated heterocycles. The van der Waals surface area contributed by atoms with Gasteiger partial charge in [0.25, 0.3) is 5.91 Å². The number of anilines is 2. The Hall–Kier alpha value is -1.78. The Bertz CT molecular complexity index is 556. The average molecular weight is 309 g/mol. The SMILES string of the molecule is CNC(=O)c1sc(NCC(C)(C)CN(C)C)c(C#N)c1N. The molecule has 0 saturated carbocycles. The number of nitrogens with two attached hydrogens (primary N) is 1. The molecule has 0 spiro atoms. The summed E-state index contributed by atoms with van der Waals surface area (Å²) in [7, 11) is 5.59. The highest BCUT2D eigenvalue weighted by Crippen LogP contribution is 2.35. The van der Waals surface area contributed by atoms with Crippen LogP contribution in [0.1, 0.15) is 29.1 Å². The quantitative estimate of drug-likeness (QED) is 0.741. The number of rotatable bonds is 6. The third-order valence-corrected chi connectivity index (χ3v) is 4.12. The van der Waals surface area contributed by atoms with E-state index >= 15 is 0 Å². The number of hydrogen-bond donors (Lipinski definition) is 3. The fourth-order valence-electron chi connectivity index (χ4n) is 2.19. The first-order valence-corrected chi connectivity index (χ1v) is 7.46. The Balaban J connectivity index is 2.94. The minimum Gasteiger partial charge on any atom is -0.396 e. The first kappa shape index (κ1) is 17.3. The van der Waals surface area contributed by atoms with E-state index in [-0.39, 0.29) is 17.0 Å². The van der Waals surface area contributed by atoms with Gasteiger partial charge in [-0.05, 0) is 19.5 Å². The second kappa shape index (κ2) is 6.78. The summed E-state index contributed by atoms with van der Waals surface area (Å²) in [6.45, 7) is 5.88. The summed E-state index contributed by atoms with van der Waals surface area (Å²) in [5.74, 6) is -0.269. The third kappa shape index (κ3) is 4.34. The van der Waals surface area contributed by atoms with Gasteiger partial charge in [0.1, 0.15) is 21.5 Å². The summed E-state index contributed by atoms with van der Waals surface area (Å²) in [5.41, 5.74) is 6.51. The first-order valence-electron chi connectivity index (χ1n) is 6.65. The van der Waals surface area contributed by atoms with Gasteiger partial charge in [0.05, 0.1) is 5.69 Å². The molecule has 0 aliphatic rings. The molecule has 4 N–H and O–H groups in total. The summed E-state index contributed by atoms with van der Waals surface area (Å²) in [4.78, 5) is 14.2. The standard InChI is InChI=1S/C14H23N5OS/c1-14(2,8-19(4)5)7-18-13-9(6-15)10(16)11(21-13)12(20)17-3/h18H,7-8,16H2,1-5H3,(H,17,20). The van der Waals surface area contributed by atoms with E-state index < -0.39 is 0 Å². The molecule has 0 aromatic carbocycles. The minimum absolute atomic E-state index is 0.0299. The Morgan fingerprint density at radius 2 is 2.10 bits per heavy atom. The number of carbonyl (C=O) groups excluding carboxylic acids is 1. The van der Waals surface area contributed by atoms with Crippen LogP contribution >= 0.6 is 11.3 Å². The van der Waals surface area contributed by atoms with Gasteiger partial charge in [0, 0.05) is 20.1 Å². The van der Waals surface area contributed by atoms with Crippen LogP contribution in [0.15, 0.2) is 0 Å². The number of thiophene rings is 1. The first-order chi connectivity index (χ1) is 9.71. The van der Waals surface area contributed by atoms with Crippen LogP contribution in [0.25, 0.3) is 0 Å². The van der Waals surface area contributed by atoms with Crippen molar-refractivity contribution < 1.29 is 4.79 Å². The van der Waals surface area contributed by atoms with Crippen LogP contribution in [-0.2, 0) is 0 Å². The largest absolute Gasteiger partial charge is 0.396 e. The molecule has 1 heterocycles. The maximum atomic E-state index is 11.7. The molecule has 7 heteroatoms. The molecular weight excluding hydrogens is 286 g/mol. The minimum atomic E-state index is -0.269. The second-order valence-corrected chi connectivity index (χ2v) is 7.02. The van der Waals surface area contributed by atoms with Gasteiger partial charge in [0.15, 0.2) is 0 Å². The molecule has 0 atom stereocenters. The number of amides is 1. The molecule has 6 nitrogen and oxygen atoms in total. The zero-order chi connectivity index (χ0) is 16.2. The topological polar surface area (TPSA) is 94.2 Å². The number of carbonyl (C=O) groups is 1. The lowest BCUT2D eigenvalue weighted by Gasteiger charge is -2.28. The molecule has 0 unspecified atom stereocenters. The second-order valence-electron chi connectivity index (χ2n) is 6.00. The molecule has 1 amide bonds. The van der Waals surface area contributed by atoms with Gasteiger partial charge in [0.2, 0.25) is 0 Å². The zero-order valence-corrected chi connectivity index (χ0v) is 14.0. The van der Waals surface area contributed by atoms with Crippen LogP contribution < -0.4 is 16.4 Å². The van der Waals surface area contributed by atoms with Crippen LogP contribution in [0.2, 0.25) is 0 Å². The number of hydrogen-bond acceptors (Lipinski definition) is 6. The van der Waals surface area contributed by atoms with Crippen molar-refractivity contribution in [2.75, 3.05) is 45.3 Å². The monoisotopic (exact) mass is 309 g/mol. The maximum absolute atomic E-state index is 11.7. The highest BCUT2D eigenvalue weighted by molar-refractivity contribution is 7.18. The molecule has 0 aliphatic heterocycles. The van der Waals surface area contributed by atoms with E-state index in [1.54, 1.807) is 7.05 Å². The summed E-state index contributed by atoms with van der Waals surface area (Å²) in [6, 6.07) is 2.07. The molecular formula is C14H23N5OS. The summed E-state index contributed by atoms with van der Waals surface area (Å²) < 4.78 is 0. The van der Waals surface area contributed by atoms with Crippen LogP contribution in [0, 0.1) is 16.7 Å². The van der Waals surface area contributed by atoms with Gasteiger partial charge in [-0.25, -0.2) is 0 Å². The summed E-state index contributed by atoms with van der Waals surface area (Å²) in [6.07, 6.45) is 0. The van der Waals surface area contributed by atoms with Gasteiger partial charge in [-0.15, -0.1) is 11.3 Å². The van der Waals surface area contributed by atoms with Crippen molar-refractivity contribution in [2.24, 2.45) is 5.41 Å². The lowest BCUT2D eigenvalue weighted by molar-refractivity contribution is 0.0968. The predicted octanol–water partition coefficient (Wildman–Crippen LogP) is 1.56. The van der Waals surface area contributed by atoms with E-state index in [0.717, 1.165) is 6.54 Å². The Morgan fingerprint density at radius 3 is 2.57 bits per heavy atom. The molecule has 21 heavy (non-hydrogen) atoms. The molecule has 0 fully saturated rings. The lowest BCUT2D eigenvalue weighted by Crippen LogP contribution is -2.34. The van der Waals surface area contributed by atoms with Crippen molar-refractivity contribution in [1.29, 1.82) is 5.26 Å². The van der Waals surface area contributed by atoms with E-state index in [1.807, 2.05) is 14.1 Å². The van der Waals surface area contributed by atoms with Crippen LogP contribution in [0.3, 0.4) is 0 Å². The highest BCUT2D eigenvalue weighted by Gasteiger charge is 2.23. The van der Waals surface area contributed by atoms with Crippen molar-refractivity contribution in [3.63, 3.8) is 0 Å². The molecule has 1 aromatic rings. The van der Waals surface area contributed by atoms with E-state index in [0.29, 0.717) is 22.0 Å². The normalized spacial score (nSPS) is 11.3. The Kier molecular flexibility index (Phi) is 5.58. The smallest absolute Gasteiger partial charge is 0.263 e. The third-order valence-electron chi connectivity index (χ3n) is 2.96. The highest BCUT2D eigenvalue weighted by atomic mass is 32.1. The maximum Gasteiger partial charge on any atom is 0.263 e. The number of nitriles is 1. The van der Waals surface area contributed by atoms with Crippen molar-refractivity contribution in [2.45, 2.75) is 13.8 Å². The molecule has 0 aliphatic carbocycles.